The summed E-state index contributed by atoms with van der Waals surface area (Å²) in [6.07, 6.45) is 1.81. The number of halogens is 2. The monoisotopic (exact) mass is 375 g/mol. The zero-order valence-corrected chi connectivity index (χ0v) is 13.9. The molecule has 0 aromatic heterocycles. The molecular weight excluding hydrogens is 361 g/mol. The standard InChI is InChI=1S/C18H15BrFNO2/c19-17-9-15(6-13(10-21)18(17)20)23-16-7-14(8-16)22-11-12-4-2-1-3-5-12/h1-6,9,14,16H,7-8,11H2. The molecule has 1 aliphatic carbocycles. The van der Waals surface area contributed by atoms with Gasteiger partial charge in [0.25, 0.3) is 0 Å². The summed E-state index contributed by atoms with van der Waals surface area (Å²) < 4.78 is 25.4. The topological polar surface area (TPSA) is 42.2 Å². The zero-order chi connectivity index (χ0) is 16.2. The highest BCUT2D eigenvalue weighted by atomic mass is 79.9. The minimum Gasteiger partial charge on any atom is -0.490 e. The largest absolute Gasteiger partial charge is 0.490 e. The van der Waals surface area contributed by atoms with Crippen LogP contribution in [0.4, 0.5) is 4.39 Å². The van der Waals surface area contributed by atoms with Crippen LogP contribution in [0.15, 0.2) is 46.9 Å². The van der Waals surface area contributed by atoms with E-state index in [0.717, 1.165) is 18.4 Å². The molecule has 0 unspecified atom stereocenters. The summed E-state index contributed by atoms with van der Waals surface area (Å²) in [5, 5.41) is 8.91. The molecule has 3 nitrogen and oxygen atoms in total. The predicted octanol–water partition coefficient (Wildman–Crippen LogP) is 4.59. The molecule has 0 aliphatic heterocycles. The van der Waals surface area contributed by atoms with Crippen molar-refractivity contribution in [2.75, 3.05) is 0 Å². The quantitative estimate of drug-likeness (QED) is 0.767. The molecule has 23 heavy (non-hydrogen) atoms. The van der Waals surface area contributed by atoms with E-state index in [1.54, 1.807) is 6.07 Å². The van der Waals surface area contributed by atoms with Crippen LogP contribution >= 0.6 is 15.9 Å². The number of nitrogens with zero attached hydrogens (tertiary/aromatic N) is 1. The van der Waals surface area contributed by atoms with Gasteiger partial charge >= 0.3 is 0 Å². The normalized spacial score (nSPS) is 19.7. The number of benzene rings is 2. The Morgan fingerprint density at radius 2 is 1.91 bits per heavy atom. The lowest BCUT2D eigenvalue weighted by Crippen LogP contribution is -2.39. The Kier molecular flexibility index (Phi) is 4.94. The third-order valence-corrected chi connectivity index (χ3v) is 4.38. The van der Waals surface area contributed by atoms with Gasteiger partial charge in [-0.15, -0.1) is 0 Å². The van der Waals surface area contributed by atoms with Crippen LogP contribution in [-0.4, -0.2) is 12.2 Å². The van der Waals surface area contributed by atoms with Gasteiger partial charge in [-0.05, 0) is 27.6 Å². The van der Waals surface area contributed by atoms with E-state index in [2.05, 4.69) is 15.9 Å². The van der Waals surface area contributed by atoms with Crippen LogP contribution in [0.1, 0.15) is 24.0 Å². The van der Waals surface area contributed by atoms with E-state index in [4.69, 9.17) is 14.7 Å². The first-order valence-electron chi connectivity index (χ1n) is 7.37. The predicted molar refractivity (Wildman–Crippen MR) is 87.5 cm³/mol. The van der Waals surface area contributed by atoms with Crippen molar-refractivity contribution in [1.29, 1.82) is 5.26 Å². The highest BCUT2D eigenvalue weighted by molar-refractivity contribution is 9.10. The van der Waals surface area contributed by atoms with Crippen molar-refractivity contribution in [1.82, 2.24) is 0 Å². The van der Waals surface area contributed by atoms with Crippen LogP contribution in [0.2, 0.25) is 0 Å². The minimum atomic E-state index is -0.558. The molecule has 0 heterocycles. The molecule has 0 bridgehead atoms. The fourth-order valence-electron chi connectivity index (χ4n) is 2.44. The second-order valence-corrected chi connectivity index (χ2v) is 6.36. The molecule has 118 valence electrons. The summed E-state index contributed by atoms with van der Waals surface area (Å²) in [5.74, 6) is -0.0566. The summed E-state index contributed by atoms with van der Waals surface area (Å²) in [4.78, 5) is 0. The van der Waals surface area contributed by atoms with Crippen LogP contribution in [-0.2, 0) is 11.3 Å². The Balaban J connectivity index is 1.49. The Morgan fingerprint density at radius 1 is 1.17 bits per heavy atom. The lowest BCUT2D eigenvalue weighted by Gasteiger charge is -2.35. The molecule has 3 rings (SSSR count). The van der Waals surface area contributed by atoms with Gasteiger partial charge in [-0.25, -0.2) is 4.39 Å². The average Bonchev–Trinajstić information content (AvgIpc) is 2.53. The van der Waals surface area contributed by atoms with E-state index in [1.807, 2.05) is 36.4 Å². The van der Waals surface area contributed by atoms with Gasteiger partial charge in [0.1, 0.15) is 17.9 Å². The van der Waals surface area contributed by atoms with Crippen molar-refractivity contribution in [2.24, 2.45) is 0 Å². The molecule has 2 aromatic carbocycles. The van der Waals surface area contributed by atoms with Gasteiger partial charge in [0.05, 0.1) is 22.7 Å². The third kappa shape index (κ3) is 3.90. The molecule has 0 N–H and O–H groups in total. The van der Waals surface area contributed by atoms with Crippen LogP contribution in [0.5, 0.6) is 5.75 Å². The van der Waals surface area contributed by atoms with Gasteiger partial charge in [0.15, 0.2) is 5.82 Å². The van der Waals surface area contributed by atoms with Crippen LogP contribution in [0.3, 0.4) is 0 Å². The molecule has 1 fully saturated rings. The first-order chi connectivity index (χ1) is 11.2. The Bertz CT molecular complexity index is 724. The summed E-state index contributed by atoms with van der Waals surface area (Å²) in [6.45, 7) is 0.596. The maximum Gasteiger partial charge on any atom is 0.155 e. The van der Waals surface area contributed by atoms with Crippen LogP contribution in [0.25, 0.3) is 0 Å². The minimum absolute atomic E-state index is 0.0226. The molecule has 0 atom stereocenters. The second-order valence-electron chi connectivity index (χ2n) is 5.51. The average molecular weight is 376 g/mol. The molecule has 0 amide bonds. The number of ether oxygens (including phenoxy) is 2. The van der Waals surface area contributed by atoms with Gasteiger partial charge in [-0.2, -0.15) is 5.26 Å². The molecular formula is C18H15BrFNO2. The SMILES string of the molecule is N#Cc1cc(OC2CC(OCc3ccccc3)C2)cc(Br)c1F. The van der Waals surface area contributed by atoms with Crippen molar-refractivity contribution in [2.45, 2.75) is 31.7 Å². The van der Waals surface area contributed by atoms with Gasteiger partial charge < -0.3 is 9.47 Å². The van der Waals surface area contributed by atoms with E-state index < -0.39 is 5.82 Å². The third-order valence-electron chi connectivity index (χ3n) is 3.81. The molecule has 0 spiro atoms. The summed E-state index contributed by atoms with van der Waals surface area (Å²) >= 11 is 3.10. The number of hydrogen-bond donors (Lipinski definition) is 0. The summed E-state index contributed by atoms with van der Waals surface area (Å²) in [6, 6.07) is 14.8. The van der Waals surface area contributed by atoms with Crippen molar-refractivity contribution in [3.63, 3.8) is 0 Å². The van der Waals surface area contributed by atoms with Crippen molar-refractivity contribution >= 4 is 15.9 Å². The lowest BCUT2D eigenvalue weighted by molar-refractivity contribution is -0.0684. The van der Waals surface area contributed by atoms with Crippen molar-refractivity contribution in [3.05, 3.63) is 63.9 Å². The van der Waals surface area contributed by atoms with Crippen molar-refractivity contribution in [3.8, 4) is 11.8 Å². The fraction of sp³-hybridized carbons (Fsp3) is 0.278. The van der Waals surface area contributed by atoms with Gasteiger partial charge in [0, 0.05) is 18.9 Å². The first-order valence-corrected chi connectivity index (χ1v) is 8.16. The summed E-state index contributed by atoms with van der Waals surface area (Å²) in [5.41, 5.74) is 1.13. The maximum absolute atomic E-state index is 13.6. The van der Waals surface area contributed by atoms with E-state index in [0.29, 0.717) is 12.4 Å². The number of hydrogen-bond acceptors (Lipinski definition) is 3. The smallest absolute Gasteiger partial charge is 0.155 e. The highest BCUT2D eigenvalue weighted by Crippen LogP contribution is 2.32. The van der Waals surface area contributed by atoms with Crippen molar-refractivity contribution < 1.29 is 13.9 Å². The van der Waals surface area contributed by atoms with E-state index >= 15 is 0 Å². The Hall–Kier alpha value is -1.90. The number of nitriles is 1. The molecule has 2 aromatic rings. The second kappa shape index (κ2) is 7.12. The van der Waals surface area contributed by atoms with E-state index in [-0.39, 0.29) is 22.2 Å². The zero-order valence-electron chi connectivity index (χ0n) is 12.3. The number of rotatable bonds is 5. The Morgan fingerprint density at radius 3 is 2.61 bits per heavy atom. The molecule has 0 saturated heterocycles. The first kappa shape index (κ1) is 16.0. The summed E-state index contributed by atoms with van der Waals surface area (Å²) in [7, 11) is 0. The fourth-order valence-corrected chi connectivity index (χ4v) is 2.88. The molecule has 5 heteroatoms. The van der Waals surface area contributed by atoms with E-state index in [1.165, 1.54) is 6.07 Å². The van der Waals surface area contributed by atoms with Gasteiger partial charge in [-0.1, -0.05) is 30.3 Å². The highest BCUT2D eigenvalue weighted by Gasteiger charge is 2.32. The van der Waals surface area contributed by atoms with Crippen LogP contribution in [0, 0.1) is 17.1 Å². The lowest BCUT2D eigenvalue weighted by atomic mass is 9.92. The maximum atomic E-state index is 13.6. The molecule has 1 aliphatic rings. The van der Waals surface area contributed by atoms with Gasteiger partial charge in [-0.3, -0.25) is 0 Å². The molecule has 1 saturated carbocycles. The van der Waals surface area contributed by atoms with E-state index in [9.17, 15) is 4.39 Å². The molecule has 0 radical (unpaired) electrons. The Labute approximate surface area is 142 Å². The van der Waals surface area contributed by atoms with Gasteiger partial charge in [0.2, 0.25) is 0 Å². The van der Waals surface area contributed by atoms with Crippen LogP contribution < -0.4 is 4.74 Å².